The summed E-state index contributed by atoms with van der Waals surface area (Å²) in [5, 5.41) is 14.1. The quantitative estimate of drug-likeness (QED) is 0.935. The van der Waals surface area contributed by atoms with Gasteiger partial charge in [-0.05, 0) is 36.2 Å². The summed E-state index contributed by atoms with van der Waals surface area (Å²) in [6, 6.07) is 8.75. The minimum Gasteiger partial charge on any atom is -0.481 e. The fourth-order valence-electron chi connectivity index (χ4n) is 2.79. The number of benzene rings is 1. The number of halogens is 1. The van der Waals surface area contributed by atoms with Crippen molar-refractivity contribution >= 4 is 23.5 Å². The third kappa shape index (κ3) is 3.07. The highest BCUT2D eigenvalue weighted by molar-refractivity contribution is 6.30. The number of aliphatic carboxylic acids is 1. The highest BCUT2D eigenvalue weighted by Crippen LogP contribution is 2.24. The van der Waals surface area contributed by atoms with Gasteiger partial charge in [-0.15, -0.1) is 0 Å². The van der Waals surface area contributed by atoms with Gasteiger partial charge in [0.2, 0.25) is 0 Å². The van der Waals surface area contributed by atoms with Crippen LogP contribution in [0.2, 0.25) is 5.02 Å². The van der Waals surface area contributed by atoms with Crippen molar-refractivity contribution in [2.24, 2.45) is 11.8 Å². The van der Waals surface area contributed by atoms with Crippen molar-refractivity contribution < 1.29 is 14.7 Å². The highest BCUT2D eigenvalue weighted by Gasteiger charge is 2.37. The number of hydrogen-bond donors (Lipinski definition) is 1. The van der Waals surface area contributed by atoms with Crippen LogP contribution < -0.4 is 0 Å². The number of hydrogen-bond acceptors (Lipinski definition) is 3. The Morgan fingerprint density at radius 1 is 1.22 bits per heavy atom. The van der Waals surface area contributed by atoms with Gasteiger partial charge in [0.1, 0.15) is 0 Å². The van der Waals surface area contributed by atoms with E-state index in [1.165, 1.54) is 0 Å². The average Bonchev–Trinajstić information content (AvgIpc) is 3.14. The maximum absolute atomic E-state index is 12.5. The Morgan fingerprint density at radius 2 is 1.91 bits per heavy atom. The monoisotopic (exact) mass is 333 g/mol. The van der Waals surface area contributed by atoms with Gasteiger partial charge in [-0.2, -0.15) is 5.10 Å². The van der Waals surface area contributed by atoms with Crippen molar-refractivity contribution in [2.45, 2.75) is 6.92 Å². The Bertz CT molecular complexity index is 741. The van der Waals surface area contributed by atoms with E-state index in [1.807, 2.05) is 19.1 Å². The lowest BCUT2D eigenvalue weighted by Gasteiger charge is -2.14. The van der Waals surface area contributed by atoms with Gasteiger partial charge < -0.3 is 10.0 Å². The van der Waals surface area contributed by atoms with E-state index in [9.17, 15) is 9.59 Å². The second-order valence-corrected chi connectivity index (χ2v) is 6.19. The second-order valence-electron chi connectivity index (χ2n) is 5.75. The van der Waals surface area contributed by atoms with E-state index < -0.39 is 11.9 Å². The van der Waals surface area contributed by atoms with Gasteiger partial charge in [-0.1, -0.05) is 18.5 Å². The molecule has 2 atom stereocenters. The predicted octanol–water partition coefficient (Wildman–Crippen LogP) is 2.32. The molecule has 1 aromatic carbocycles. The summed E-state index contributed by atoms with van der Waals surface area (Å²) in [6.45, 7) is 2.51. The molecule has 0 radical (unpaired) electrons. The predicted molar refractivity (Wildman–Crippen MR) is 84.8 cm³/mol. The normalized spacial score (nSPS) is 20.7. The fourth-order valence-corrected chi connectivity index (χ4v) is 2.92. The number of likely N-dealkylation sites (tertiary alicyclic amines) is 1. The summed E-state index contributed by atoms with van der Waals surface area (Å²) < 4.78 is 1.59. The van der Waals surface area contributed by atoms with Crippen molar-refractivity contribution in [3.63, 3.8) is 0 Å². The van der Waals surface area contributed by atoms with Crippen molar-refractivity contribution in [1.82, 2.24) is 14.7 Å². The first kappa shape index (κ1) is 15.6. The number of carboxylic acid groups (broad SMARTS) is 1. The maximum Gasteiger partial charge on any atom is 0.308 e. The first-order chi connectivity index (χ1) is 11.0. The van der Waals surface area contributed by atoms with Crippen LogP contribution in [0.15, 0.2) is 36.5 Å². The largest absolute Gasteiger partial charge is 0.481 e. The molecule has 6 nitrogen and oxygen atoms in total. The summed E-state index contributed by atoms with van der Waals surface area (Å²) in [5.74, 6) is -1.68. The van der Waals surface area contributed by atoms with Crippen LogP contribution in [0.5, 0.6) is 0 Å². The van der Waals surface area contributed by atoms with Crippen molar-refractivity contribution in [3.8, 4) is 5.69 Å². The molecule has 120 valence electrons. The van der Waals surface area contributed by atoms with Gasteiger partial charge in [0.25, 0.3) is 5.91 Å². The molecular formula is C16H16ClN3O3. The average molecular weight is 334 g/mol. The third-order valence-electron chi connectivity index (χ3n) is 4.12. The molecule has 0 saturated carbocycles. The summed E-state index contributed by atoms with van der Waals surface area (Å²) in [7, 11) is 0. The molecule has 1 N–H and O–H groups in total. The summed E-state index contributed by atoms with van der Waals surface area (Å²) >= 11 is 5.86. The molecule has 1 fully saturated rings. The number of carbonyl (C=O) groups excluding carboxylic acids is 1. The zero-order valence-corrected chi connectivity index (χ0v) is 13.3. The number of carbonyl (C=O) groups is 2. The molecule has 1 saturated heterocycles. The van der Waals surface area contributed by atoms with E-state index in [0.717, 1.165) is 5.69 Å². The Balaban J connectivity index is 1.77. The second kappa shape index (κ2) is 6.04. The minimum absolute atomic E-state index is 0.0604. The van der Waals surface area contributed by atoms with Crippen LogP contribution in [0.4, 0.5) is 0 Å². The zero-order valence-electron chi connectivity index (χ0n) is 12.5. The molecule has 0 bridgehead atoms. The molecule has 3 rings (SSSR count). The van der Waals surface area contributed by atoms with Crippen LogP contribution in [0, 0.1) is 11.8 Å². The number of amides is 1. The molecule has 0 unspecified atom stereocenters. The highest BCUT2D eigenvalue weighted by atomic mass is 35.5. The summed E-state index contributed by atoms with van der Waals surface area (Å²) in [5.41, 5.74) is 1.10. The first-order valence-corrected chi connectivity index (χ1v) is 7.67. The standard InChI is InChI=1S/C16H16ClN3O3/c1-10-8-19(9-13(10)16(22)23)15(21)14-6-7-20(18-14)12-4-2-11(17)3-5-12/h2-7,10,13H,8-9H2,1H3,(H,22,23)/t10-,13-/m1/s1. The van der Waals surface area contributed by atoms with Crippen LogP contribution in [-0.4, -0.2) is 44.8 Å². The Hall–Kier alpha value is -2.34. The Morgan fingerprint density at radius 3 is 2.52 bits per heavy atom. The molecular weight excluding hydrogens is 318 g/mol. The SMILES string of the molecule is C[C@@H]1CN(C(=O)c2ccn(-c3ccc(Cl)cc3)n2)C[C@H]1C(=O)O. The van der Waals surface area contributed by atoms with E-state index >= 15 is 0 Å². The van der Waals surface area contributed by atoms with E-state index in [2.05, 4.69) is 5.10 Å². The molecule has 7 heteroatoms. The van der Waals surface area contributed by atoms with Gasteiger partial charge >= 0.3 is 5.97 Å². The van der Waals surface area contributed by atoms with Crippen LogP contribution >= 0.6 is 11.6 Å². The number of nitrogens with zero attached hydrogens (tertiary/aromatic N) is 3. The van der Waals surface area contributed by atoms with Crippen molar-refractivity contribution in [1.29, 1.82) is 0 Å². The summed E-state index contributed by atoms with van der Waals surface area (Å²) in [4.78, 5) is 25.2. The number of rotatable bonds is 3. The molecule has 23 heavy (non-hydrogen) atoms. The minimum atomic E-state index is -0.862. The Kier molecular flexibility index (Phi) is 4.09. The molecule has 1 aromatic heterocycles. The van der Waals surface area contributed by atoms with E-state index in [4.69, 9.17) is 16.7 Å². The van der Waals surface area contributed by atoms with Crippen molar-refractivity contribution in [3.05, 3.63) is 47.2 Å². The van der Waals surface area contributed by atoms with Crippen LogP contribution in [0.25, 0.3) is 5.69 Å². The topological polar surface area (TPSA) is 75.4 Å². The zero-order chi connectivity index (χ0) is 16.6. The lowest BCUT2D eigenvalue weighted by Crippen LogP contribution is -2.30. The lowest BCUT2D eigenvalue weighted by atomic mass is 9.99. The van der Waals surface area contributed by atoms with Gasteiger partial charge in [-0.25, -0.2) is 4.68 Å². The van der Waals surface area contributed by atoms with Crippen molar-refractivity contribution in [2.75, 3.05) is 13.1 Å². The number of carboxylic acids is 1. The van der Waals surface area contributed by atoms with E-state index in [1.54, 1.807) is 34.0 Å². The molecule has 0 spiro atoms. The van der Waals surface area contributed by atoms with Crippen LogP contribution in [-0.2, 0) is 4.79 Å². The molecule has 2 heterocycles. The maximum atomic E-state index is 12.5. The van der Waals surface area contributed by atoms with Gasteiger partial charge in [0, 0.05) is 24.3 Å². The van der Waals surface area contributed by atoms with E-state index in [-0.39, 0.29) is 18.4 Å². The van der Waals surface area contributed by atoms with Gasteiger partial charge in [0.05, 0.1) is 11.6 Å². The van der Waals surface area contributed by atoms with Crippen LogP contribution in [0.3, 0.4) is 0 Å². The van der Waals surface area contributed by atoms with E-state index in [0.29, 0.717) is 17.3 Å². The van der Waals surface area contributed by atoms with Crippen LogP contribution in [0.1, 0.15) is 17.4 Å². The lowest BCUT2D eigenvalue weighted by molar-refractivity contribution is -0.142. The molecule has 1 aliphatic rings. The fraction of sp³-hybridized carbons (Fsp3) is 0.312. The summed E-state index contributed by atoms with van der Waals surface area (Å²) in [6.07, 6.45) is 1.70. The molecule has 1 aliphatic heterocycles. The smallest absolute Gasteiger partial charge is 0.308 e. The van der Waals surface area contributed by atoms with Gasteiger partial charge in [0.15, 0.2) is 5.69 Å². The number of aromatic nitrogens is 2. The molecule has 1 amide bonds. The first-order valence-electron chi connectivity index (χ1n) is 7.29. The van der Waals surface area contributed by atoms with Gasteiger partial charge in [-0.3, -0.25) is 9.59 Å². The molecule has 2 aromatic rings. The molecule has 0 aliphatic carbocycles. The Labute approximate surface area is 138 Å². The third-order valence-corrected chi connectivity index (χ3v) is 4.37.